The van der Waals surface area contributed by atoms with E-state index in [2.05, 4.69) is 28.2 Å². The molecule has 0 aromatic carbocycles. The number of likely N-dealkylation sites (tertiary alicyclic amines) is 3. The van der Waals surface area contributed by atoms with Crippen LogP contribution in [-0.4, -0.2) is 85.4 Å². The second kappa shape index (κ2) is 9.78. The number of hydrogen-bond donors (Lipinski definition) is 1. The Morgan fingerprint density at radius 3 is 2.42 bits per heavy atom. The number of pyridine rings is 1. The number of carbonyl (C=O) groups excluding carboxylic acids is 2. The molecule has 0 unspecified atom stereocenters. The molecule has 0 saturated carbocycles. The van der Waals surface area contributed by atoms with Gasteiger partial charge in [-0.2, -0.15) is 4.73 Å². The normalized spacial score (nSPS) is 21.6. The molecular weight excluding hydrogens is 394 g/mol. The van der Waals surface area contributed by atoms with Gasteiger partial charge in [0.15, 0.2) is 12.4 Å². The van der Waals surface area contributed by atoms with E-state index in [1.54, 1.807) is 0 Å². The van der Waals surface area contributed by atoms with Gasteiger partial charge < -0.3 is 20.3 Å². The number of nitrogens with zero attached hydrogens (tertiary/aromatic N) is 4. The van der Waals surface area contributed by atoms with Crippen molar-refractivity contribution in [3.05, 3.63) is 46.9 Å². The number of hydrogen-bond acceptors (Lipinski definition) is 5. The number of piperidine rings is 2. The van der Waals surface area contributed by atoms with E-state index in [1.165, 1.54) is 42.9 Å². The zero-order valence-corrected chi connectivity index (χ0v) is 18.3. The van der Waals surface area contributed by atoms with E-state index < -0.39 is 0 Å². The number of amides is 2. The van der Waals surface area contributed by atoms with E-state index in [0.717, 1.165) is 52.1 Å². The molecular formula is C23H33N5O3. The fraction of sp³-hybridized carbons (Fsp3) is 0.609. The van der Waals surface area contributed by atoms with Gasteiger partial charge in [-0.15, -0.1) is 0 Å². The lowest BCUT2D eigenvalue weighted by atomic mass is 9.91. The van der Waals surface area contributed by atoms with Gasteiger partial charge in [0.05, 0.1) is 11.5 Å². The predicted octanol–water partition coefficient (Wildman–Crippen LogP) is 0.625. The summed E-state index contributed by atoms with van der Waals surface area (Å²) in [6.45, 7) is 6.16. The van der Waals surface area contributed by atoms with Crippen LogP contribution in [0.5, 0.6) is 0 Å². The standard InChI is InChI=1S/C23H33N5O3/c1-25-10-7-21(8-11-25)27-16-20(17-27)23(30)26-12-3-18(4-13-26)2-9-24-22(29)19-5-14-28(31)15-6-19/h2,5-6,14-15,20-21H,3-4,7-13,16-17H2,1H3,(H,24,29). The first-order valence-corrected chi connectivity index (χ1v) is 11.4. The van der Waals surface area contributed by atoms with Gasteiger partial charge in [-0.25, -0.2) is 0 Å². The summed E-state index contributed by atoms with van der Waals surface area (Å²) in [5.41, 5.74) is 1.76. The van der Waals surface area contributed by atoms with Crippen molar-refractivity contribution in [3.63, 3.8) is 0 Å². The van der Waals surface area contributed by atoms with Crippen molar-refractivity contribution in [2.24, 2.45) is 5.92 Å². The molecule has 4 rings (SSSR count). The van der Waals surface area contributed by atoms with E-state index in [1.807, 2.05) is 4.90 Å². The Kier molecular flexibility index (Phi) is 6.87. The average Bonchev–Trinajstić information content (AvgIpc) is 2.75. The topological polar surface area (TPSA) is 82.8 Å². The van der Waals surface area contributed by atoms with Crippen LogP contribution in [0.3, 0.4) is 0 Å². The van der Waals surface area contributed by atoms with Gasteiger partial charge in [-0.3, -0.25) is 14.5 Å². The molecule has 0 radical (unpaired) electrons. The van der Waals surface area contributed by atoms with E-state index >= 15 is 0 Å². The number of carbonyl (C=O) groups is 2. The van der Waals surface area contributed by atoms with Crippen LogP contribution in [0.15, 0.2) is 36.2 Å². The molecule has 31 heavy (non-hydrogen) atoms. The van der Waals surface area contributed by atoms with Crippen LogP contribution >= 0.6 is 0 Å². The fourth-order valence-electron chi connectivity index (χ4n) is 4.76. The van der Waals surface area contributed by atoms with Crippen LogP contribution in [0.1, 0.15) is 36.0 Å². The molecule has 168 valence electrons. The minimum atomic E-state index is -0.191. The molecule has 1 aromatic heterocycles. The molecule has 3 fully saturated rings. The molecule has 3 aliphatic heterocycles. The third kappa shape index (κ3) is 5.43. The molecule has 0 aliphatic carbocycles. The van der Waals surface area contributed by atoms with Crippen molar-refractivity contribution in [1.82, 2.24) is 20.0 Å². The van der Waals surface area contributed by atoms with Crippen molar-refractivity contribution in [2.75, 3.05) is 52.9 Å². The monoisotopic (exact) mass is 427 g/mol. The summed E-state index contributed by atoms with van der Waals surface area (Å²) in [5, 5.41) is 13.9. The lowest BCUT2D eigenvalue weighted by Gasteiger charge is -2.47. The molecule has 0 spiro atoms. The molecule has 4 heterocycles. The molecule has 1 aromatic rings. The largest absolute Gasteiger partial charge is 0.619 e. The Balaban J connectivity index is 1.15. The molecule has 2 amide bonds. The van der Waals surface area contributed by atoms with Crippen molar-refractivity contribution >= 4 is 11.8 Å². The van der Waals surface area contributed by atoms with Gasteiger partial charge in [-0.05, 0) is 45.8 Å². The van der Waals surface area contributed by atoms with E-state index in [-0.39, 0.29) is 11.8 Å². The maximum atomic E-state index is 12.8. The SMILES string of the molecule is CN1CCC(N2CC(C(=O)N3CCC(=CCNC(=O)c4cc[n+]([O-])cc4)CC3)C2)CC1. The average molecular weight is 428 g/mol. The van der Waals surface area contributed by atoms with Crippen LogP contribution < -0.4 is 10.0 Å². The Bertz CT molecular complexity index is 801. The molecule has 8 nitrogen and oxygen atoms in total. The molecule has 0 atom stereocenters. The summed E-state index contributed by atoms with van der Waals surface area (Å²) in [6.07, 6.45) is 8.86. The van der Waals surface area contributed by atoms with Crippen LogP contribution in [0, 0.1) is 11.1 Å². The zero-order valence-electron chi connectivity index (χ0n) is 18.3. The van der Waals surface area contributed by atoms with Gasteiger partial charge in [-0.1, -0.05) is 11.6 Å². The minimum absolute atomic E-state index is 0.170. The Hall–Kier alpha value is -2.45. The zero-order chi connectivity index (χ0) is 21.8. The van der Waals surface area contributed by atoms with Crippen molar-refractivity contribution in [3.8, 4) is 0 Å². The highest BCUT2D eigenvalue weighted by Gasteiger charge is 2.39. The Labute approximate surface area is 184 Å². The third-order valence-electron chi connectivity index (χ3n) is 6.90. The summed E-state index contributed by atoms with van der Waals surface area (Å²) in [5.74, 6) is 0.295. The van der Waals surface area contributed by atoms with E-state index in [0.29, 0.717) is 28.8 Å². The third-order valence-corrected chi connectivity index (χ3v) is 6.90. The number of nitrogens with one attached hydrogen (secondary N) is 1. The van der Waals surface area contributed by atoms with Crippen molar-refractivity contribution in [2.45, 2.75) is 31.7 Å². The van der Waals surface area contributed by atoms with Crippen LogP contribution in [0.4, 0.5) is 0 Å². The molecule has 1 N–H and O–H groups in total. The van der Waals surface area contributed by atoms with Gasteiger partial charge in [0.2, 0.25) is 5.91 Å². The first-order valence-electron chi connectivity index (χ1n) is 11.4. The highest BCUT2D eigenvalue weighted by Crippen LogP contribution is 2.27. The van der Waals surface area contributed by atoms with E-state index in [4.69, 9.17) is 0 Å². The Morgan fingerprint density at radius 2 is 1.77 bits per heavy atom. The first-order chi connectivity index (χ1) is 15.0. The highest BCUT2D eigenvalue weighted by atomic mass is 16.5. The number of rotatable bonds is 5. The van der Waals surface area contributed by atoms with Crippen LogP contribution in [0.2, 0.25) is 0 Å². The summed E-state index contributed by atoms with van der Waals surface area (Å²) >= 11 is 0. The van der Waals surface area contributed by atoms with Gasteiger partial charge >= 0.3 is 0 Å². The van der Waals surface area contributed by atoms with Crippen LogP contribution in [0.25, 0.3) is 0 Å². The second-order valence-corrected chi connectivity index (χ2v) is 9.03. The first kappa shape index (κ1) is 21.8. The minimum Gasteiger partial charge on any atom is -0.619 e. The summed E-state index contributed by atoms with van der Waals surface area (Å²) < 4.78 is 0.656. The predicted molar refractivity (Wildman–Crippen MR) is 117 cm³/mol. The smallest absolute Gasteiger partial charge is 0.251 e. The van der Waals surface area contributed by atoms with Gasteiger partial charge in [0, 0.05) is 50.9 Å². The van der Waals surface area contributed by atoms with Gasteiger partial charge in [0.25, 0.3) is 5.91 Å². The summed E-state index contributed by atoms with van der Waals surface area (Å²) in [7, 11) is 2.18. The number of aromatic nitrogens is 1. The summed E-state index contributed by atoms with van der Waals surface area (Å²) in [6, 6.07) is 3.67. The van der Waals surface area contributed by atoms with E-state index in [9.17, 15) is 14.8 Å². The fourth-order valence-corrected chi connectivity index (χ4v) is 4.76. The Morgan fingerprint density at radius 1 is 1.13 bits per heavy atom. The quantitative estimate of drug-likeness (QED) is 0.423. The van der Waals surface area contributed by atoms with Crippen molar-refractivity contribution < 1.29 is 14.3 Å². The van der Waals surface area contributed by atoms with Crippen LogP contribution in [-0.2, 0) is 4.79 Å². The maximum absolute atomic E-state index is 12.8. The second-order valence-electron chi connectivity index (χ2n) is 9.03. The summed E-state index contributed by atoms with van der Waals surface area (Å²) in [4.78, 5) is 31.8. The lowest BCUT2D eigenvalue weighted by Crippen LogP contribution is -2.59. The lowest BCUT2D eigenvalue weighted by molar-refractivity contribution is -0.605. The molecule has 3 saturated heterocycles. The highest BCUT2D eigenvalue weighted by molar-refractivity contribution is 5.93. The van der Waals surface area contributed by atoms with Gasteiger partial charge in [0.1, 0.15) is 0 Å². The molecule has 0 bridgehead atoms. The molecule has 8 heteroatoms. The molecule has 3 aliphatic rings. The van der Waals surface area contributed by atoms with Crippen molar-refractivity contribution in [1.29, 1.82) is 0 Å². The maximum Gasteiger partial charge on any atom is 0.251 e.